The molecule has 0 saturated heterocycles. The Balaban J connectivity index is 2.26. The fourth-order valence-corrected chi connectivity index (χ4v) is 4.54. The summed E-state index contributed by atoms with van der Waals surface area (Å²) in [6.07, 6.45) is 7.95. The van der Waals surface area contributed by atoms with Crippen molar-refractivity contribution in [3.8, 4) is 5.75 Å². The molecule has 1 aromatic carbocycles. The summed E-state index contributed by atoms with van der Waals surface area (Å²) in [6.45, 7) is 11.2. The summed E-state index contributed by atoms with van der Waals surface area (Å²) >= 11 is 0. The highest BCUT2D eigenvalue weighted by Gasteiger charge is 2.55. The second kappa shape index (κ2) is 6.56. The molecular weight excluding hydrogens is 324 g/mol. The molecule has 0 heterocycles. The smallest absolute Gasteiger partial charge is 0.166 e. The van der Waals surface area contributed by atoms with Crippen molar-refractivity contribution in [3.05, 3.63) is 77.9 Å². The van der Waals surface area contributed by atoms with E-state index < -0.39 is 17.3 Å². The second-order valence-electron chi connectivity index (χ2n) is 7.32. The molecule has 0 radical (unpaired) electrons. The molecular formula is C23H24O3. The molecule has 0 aromatic heterocycles. The first kappa shape index (κ1) is 18.1. The number of fused-ring (bicyclic) bond motifs is 1. The highest BCUT2D eigenvalue weighted by atomic mass is 16.3. The number of benzene rings is 1. The van der Waals surface area contributed by atoms with Gasteiger partial charge in [0.15, 0.2) is 11.6 Å². The molecule has 1 N–H and O–H groups in total. The highest BCUT2D eigenvalue weighted by molar-refractivity contribution is 6.13. The van der Waals surface area contributed by atoms with Crippen molar-refractivity contribution >= 4 is 11.6 Å². The van der Waals surface area contributed by atoms with Crippen LogP contribution in [0, 0.1) is 11.3 Å². The summed E-state index contributed by atoms with van der Waals surface area (Å²) in [5.74, 6) is -0.721. The van der Waals surface area contributed by atoms with Crippen LogP contribution in [0.1, 0.15) is 37.3 Å². The SMILES string of the molecule is C=CCc1cccc(C2C(C=C)=CCC3C(=O)C=C(C)C(=O)C32C)c1O. The van der Waals surface area contributed by atoms with Crippen LogP contribution >= 0.6 is 0 Å². The van der Waals surface area contributed by atoms with Crippen LogP contribution in [0.5, 0.6) is 5.75 Å². The van der Waals surface area contributed by atoms with Gasteiger partial charge in [-0.05, 0) is 42.6 Å². The van der Waals surface area contributed by atoms with Crippen molar-refractivity contribution in [2.45, 2.75) is 32.6 Å². The van der Waals surface area contributed by atoms with Crippen LogP contribution in [0.4, 0.5) is 0 Å². The normalized spacial score (nSPS) is 28.1. The summed E-state index contributed by atoms with van der Waals surface area (Å²) in [5.41, 5.74) is 1.85. The second-order valence-corrected chi connectivity index (χ2v) is 7.32. The number of para-hydroxylation sites is 1. The van der Waals surface area contributed by atoms with Gasteiger partial charge in [-0.1, -0.05) is 49.9 Å². The lowest BCUT2D eigenvalue weighted by molar-refractivity contribution is -0.137. The number of allylic oxidation sites excluding steroid dienone is 6. The molecule has 0 aliphatic heterocycles. The van der Waals surface area contributed by atoms with Gasteiger partial charge in [-0.15, -0.1) is 6.58 Å². The highest BCUT2D eigenvalue weighted by Crippen LogP contribution is 2.56. The van der Waals surface area contributed by atoms with Crippen LogP contribution < -0.4 is 0 Å². The van der Waals surface area contributed by atoms with Crippen molar-refractivity contribution < 1.29 is 14.7 Å². The third kappa shape index (κ3) is 2.50. The van der Waals surface area contributed by atoms with Crippen LogP contribution in [0.25, 0.3) is 0 Å². The van der Waals surface area contributed by atoms with Crippen LogP contribution in [0.15, 0.2) is 66.8 Å². The molecule has 26 heavy (non-hydrogen) atoms. The van der Waals surface area contributed by atoms with E-state index in [0.717, 1.165) is 11.1 Å². The number of carbonyl (C=O) groups is 2. The molecule has 0 spiro atoms. The minimum Gasteiger partial charge on any atom is -0.507 e. The van der Waals surface area contributed by atoms with Crippen molar-refractivity contribution in [1.82, 2.24) is 0 Å². The Morgan fingerprint density at radius 2 is 2.04 bits per heavy atom. The molecule has 2 aliphatic rings. The number of phenols is 1. The Morgan fingerprint density at radius 3 is 2.69 bits per heavy atom. The number of aromatic hydroxyl groups is 1. The maximum absolute atomic E-state index is 13.2. The van der Waals surface area contributed by atoms with Gasteiger partial charge in [0.2, 0.25) is 0 Å². The first-order valence-electron chi connectivity index (χ1n) is 8.87. The number of Topliss-reactive ketones (excluding diaryl/α,β-unsaturated/α-hetero) is 1. The first-order chi connectivity index (χ1) is 12.4. The standard InChI is InChI=1S/C23H24O3/c1-5-8-16-9-7-10-17(21(16)25)20-15(6-2)11-12-18-19(24)13-14(3)22(26)23(18,20)4/h5-7,9-11,13,18,20,25H,1-2,8,12H2,3-4H3. The number of carbonyl (C=O) groups excluding carboxylic acids is 2. The third-order valence-corrected chi connectivity index (χ3v) is 5.86. The van der Waals surface area contributed by atoms with Crippen LogP contribution in [0.2, 0.25) is 0 Å². The zero-order valence-electron chi connectivity index (χ0n) is 15.3. The maximum atomic E-state index is 13.2. The molecule has 3 nitrogen and oxygen atoms in total. The summed E-state index contributed by atoms with van der Waals surface area (Å²) in [6, 6.07) is 5.56. The predicted molar refractivity (Wildman–Crippen MR) is 103 cm³/mol. The number of hydrogen-bond acceptors (Lipinski definition) is 3. The Bertz CT molecular complexity index is 871. The third-order valence-electron chi connectivity index (χ3n) is 5.86. The first-order valence-corrected chi connectivity index (χ1v) is 8.87. The molecule has 1 aromatic rings. The van der Waals surface area contributed by atoms with Crippen molar-refractivity contribution in [2.24, 2.45) is 11.3 Å². The van der Waals surface area contributed by atoms with E-state index in [1.807, 2.05) is 31.2 Å². The Kier molecular flexibility index (Phi) is 4.57. The predicted octanol–water partition coefficient (Wildman–Crippen LogP) is 4.44. The van der Waals surface area contributed by atoms with Gasteiger partial charge >= 0.3 is 0 Å². The quantitative estimate of drug-likeness (QED) is 0.818. The van der Waals surface area contributed by atoms with E-state index in [0.29, 0.717) is 24.0 Å². The molecule has 2 aliphatic carbocycles. The fourth-order valence-electron chi connectivity index (χ4n) is 4.54. The zero-order chi connectivity index (χ0) is 19.1. The lowest BCUT2D eigenvalue weighted by Gasteiger charge is -2.47. The lowest BCUT2D eigenvalue weighted by atomic mass is 9.53. The van der Waals surface area contributed by atoms with E-state index in [-0.39, 0.29) is 17.3 Å². The molecule has 3 rings (SSSR count). The van der Waals surface area contributed by atoms with Crippen LogP contribution in [-0.4, -0.2) is 16.7 Å². The van der Waals surface area contributed by atoms with E-state index >= 15 is 0 Å². The Labute approximate surface area is 154 Å². The topological polar surface area (TPSA) is 54.4 Å². The van der Waals surface area contributed by atoms with Gasteiger partial charge in [-0.2, -0.15) is 0 Å². The fraction of sp³-hybridized carbons (Fsp3) is 0.304. The summed E-state index contributed by atoms with van der Waals surface area (Å²) in [5, 5.41) is 10.9. The monoisotopic (exact) mass is 348 g/mol. The number of rotatable bonds is 4. The molecule has 3 atom stereocenters. The summed E-state index contributed by atoms with van der Waals surface area (Å²) < 4.78 is 0. The molecule has 0 amide bonds. The largest absolute Gasteiger partial charge is 0.507 e. The van der Waals surface area contributed by atoms with Crippen LogP contribution in [-0.2, 0) is 16.0 Å². The summed E-state index contributed by atoms with van der Waals surface area (Å²) in [4.78, 5) is 25.9. The number of ketones is 2. The van der Waals surface area contributed by atoms with E-state index in [1.54, 1.807) is 19.1 Å². The molecule has 134 valence electrons. The van der Waals surface area contributed by atoms with Gasteiger partial charge in [-0.3, -0.25) is 9.59 Å². The van der Waals surface area contributed by atoms with Gasteiger partial charge < -0.3 is 5.11 Å². The summed E-state index contributed by atoms with van der Waals surface area (Å²) in [7, 11) is 0. The van der Waals surface area contributed by atoms with E-state index in [1.165, 1.54) is 6.08 Å². The average molecular weight is 348 g/mol. The van der Waals surface area contributed by atoms with Gasteiger partial charge in [-0.25, -0.2) is 0 Å². The Morgan fingerprint density at radius 1 is 1.31 bits per heavy atom. The molecule has 3 heteroatoms. The maximum Gasteiger partial charge on any atom is 0.166 e. The van der Waals surface area contributed by atoms with Gasteiger partial charge in [0, 0.05) is 17.4 Å². The van der Waals surface area contributed by atoms with E-state index in [9.17, 15) is 14.7 Å². The number of hydrogen-bond donors (Lipinski definition) is 1. The molecule has 3 unspecified atom stereocenters. The van der Waals surface area contributed by atoms with Crippen molar-refractivity contribution in [1.29, 1.82) is 0 Å². The van der Waals surface area contributed by atoms with E-state index in [2.05, 4.69) is 13.2 Å². The van der Waals surface area contributed by atoms with Gasteiger partial charge in [0.25, 0.3) is 0 Å². The van der Waals surface area contributed by atoms with Gasteiger partial charge in [0.05, 0.1) is 5.41 Å². The molecule has 0 bridgehead atoms. The van der Waals surface area contributed by atoms with Gasteiger partial charge in [0.1, 0.15) is 5.75 Å². The van der Waals surface area contributed by atoms with Crippen LogP contribution in [0.3, 0.4) is 0 Å². The lowest BCUT2D eigenvalue weighted by Crippen LogP contribution is -2.49. The van der Waals surface area contributed by atoms with E-state index in [4.69, 9.17) is 0 Å². The van der Waals surface area contributed by atoms with Crippen molar-refractivity contribution in [2.75, 3.05) is 0 Å². The number of phenolic OH excluding ortho intramolecular Hbond substituents is 1. The Hall–Kier alpha value is -2.68. The minimum absolute atomic E-state index is 0.0179. The molecule has 0 saturated carbocycles. The van der Waals surface area contributed by atoms with Crippen molar-refractivity contribution in [3.63, 3.8) is 0 Å². The zero-order valence-corrected chi connectivity index (χ0v) is 15.3. The molecule has 0 fully saturated rings. The average Bonchev–Trinajstić information content (AvgIpc) is 2.61. The minimum atomic E-state index is -0.932.